The Morgan fingerprint density at radius 2 is 1.75 bits per heavy atom. The summed E-state index contributed by atoms with van der Waals surface area (Å²) in [5.74, 6) is -2.44. The van der Waals surface area contributed by atoms with Crippen LogP contribution in [0.2, 0.25) is 0 Å². The highest BCUT2D eigenvalue weighted by Gasteiger charge is 2.41. The van der Waals surface area contributed by atoms with E-state index in [1.807, 2.05) is 0 Å². The molecule has 72 valence electrons. The quantitative estimate of drug-likeness (QED) is 0.655. The zero-order valence-electron chi connectivity index (χ0n) is 7.40. The van der Waals surface area contributed by atoms with Crippen LogP contribution in [0.25, 0.3) is 0 Å². The van der Waals surface area contributed by atoms with Gasteiger partial charge >= 0.3 is 6.18 Å². The van der Waals surface area contributed by atoms with Crippen molar-refractivity contribution >= 4 is 5.78 Å². The van der Waals surface area contributed by atoms with Crippen LogP contribution in [0.5, 0.6) is 0 Å². The van der Waals surface area contributed by atoms with E-state index in [-0.39, 0.29) is 0 Å². The molecular formula is C8H13F3O. The lowest BCUT2D eigenvalue weighted by atomic mass is 9.90. The van der Waals surface area contributed by atoms with E-state index in [0.29, 0.717) is 0 Å². The van der Waals surface area contributed by atoms with Crippen LogP contribution < -0.4 is 0 Å². The molecule has 1 nitrogen and oxygen atoms in total. The lowest BCUT2D eigenvalue weighted by Gasteiger charge is -2.22. The fraction of sp³-hybridized carbons (Fsp3) is 0.875. The number of halogens is 3. The maximum atomic E-state index is 12.2. The SMILES string of the molecule is CC(=O)CC(C(C)C)C(F)(F)F. The van der Waals surface area contributed by atoms with Gasteiger partial charge in [-0.05, 0) is 12.8 Å². The minimum Gasteiger partial charge on any atom is -0.300 e. The van der Waals surface area contributed by atoms with Crippen molar-refractivity contribution in [3.8, 4) is 0 Å². The number of Topliss-reactive ketones (excluding diaryl/α,β-unsaturated/α-hetero) is 1. The normalized spacial score (nSPS) is 14.9. The van der Waals surface area contributed by atoms with Crippen LogP contribution >= 0.6 is 0 Å². The van der Waals surface area contributed by atoms with Gasteiger partial charge in [0.25, 0.3) is 0 Å². The van der Waals surface area contributed by atoms with E-state index in [1.54, 1.807) is 0 Å². The van der Waals surface area contributed by atoms with E-state index in [1.165, 1.54) is 20.8 Å². The van der Waals surface area contributed by atoms with Gasteiger partial charge in [0.2, 0.25) is 0 Å². The minimum atomic E-state index is -4.25. The second kappa shape index (κ2) is 3.92. The summed E-state index contributed by atoms with van der Waals surface area (Å²) >= 11 is 0. The Labute approximate surface area is 70.0 Å². The molecule has 0 saturated heterocycles. The summed E-state index contributed by atoms with van der Waals surface area (Å²) in [6.45, 7) is 4.13. The Balaban J connectivity index is 4.35. The molecule has 1 unspecified atom stereocenters. The first-order chi connectivity index (χ1) is 5.25. The molecule has 0 aromatic rings. The summed E-state index contributed by atoms with van der Waals surface area (Å²) in [5.41, 5.74) is 0. The Kier molecular flexibility index (Phi) is 3.74. The first-order valence-corrected chi connectivity index (χ1v) is 3.81. The largest absolute Gasteiger partial charge is 0.392 e. The van der Waals surface area contributed by atoms with Gasteiger partial charge in [0.15, 0.2) is 0 Å². The molecule has 0 saturated carbocycles. The number of hydrogen-bond donors (Lipinski definition) is 0. The maximum Gasteiger partial charge on any atom is 0.392 e. The predicted octanol–water partition coefficient (Wildman–Crippen LogP) is 2.80. The van der Waals surface area contributed by atoms with Gasteiger partial charge in [0, 0.05) is 6.42 Å². The van der Waals surface area contributed by atoms with Crippen molar-refractivity contribution in [3.63, 3.8) is 0 Å². The fourth-order valence-corrected chi connectivity index (χ4v) is 1.04. The van der Waals surface area contributed by atoms with Crippen molar-refractivity contribution in [2.75, 3.05) is 0 Å². The third-order valence-electron chi connectivity index (χ3n) is 1.73. The van der Waals surface area contributed by atoms with Crippen molar-refractivity contribution in [3.05, 3.63) is 0 Å². The van der Waals surface area contributed by atoms with E-state index in [4.69, 9.17) is 0 Å². The highest BCUT2D eigenvalue weighted by molar-refractivity contribution is 5.75. The molecule has 0 aromatic heterocycles. The van der Waals surface area contributed by atoms with Crippen LogP contribution in [-0.4, -0.2) is 12.0 Å². The molecule has 0 rings (SSSR count). The van der Waals surface area contributed by atoms with Crippen molar-refractivity contribution in [2.24, 2.45) is 11.8 Å². The van der Waals surface area contributed by atoms with E-state index in [2.05, 4.69) is 0 Å². The van der Waals surface area contributed by atoms with Gasteiger partial charge in [-0.2, -0.15) is 13.2 Å². The second-order valence-electron chi connectivity index (χ2n) is 3.30. The number of carbonyl (C=O) groups is 1. The Hall–Kier alpha value is -0.540. The van der Waals surface area contributed by atoms with Gasteiger partial charge in [-0.15, -0.1) is 0 Å². The van der Waals surface area contributed by atoms with Gasteiger partial charge in [-0.3, -0.25) is 0 Å². The average molecular weight is 182 g/mol. The summed E-state index contributed by atoms with van der Waals surface area (Å²) in [5, 5.41) is 0. The van der Waals surface area contributed by atoms with Gasteiger partial charge in [0.05, 0.1) is 5.92 Å². The van der Waals surface area contributed by atoms with Crippen LogP contribution in [0.3, 0.4) is 0 Å². The van der Waals surface area contributed by atoms with E-state index in [0.717, 1.165) is 0 Å². The number of hydrogen-bond acceptors (Lipinski definition) is 1. The first-order valence-electron chi connectivity index (χ1n) is 3.81. The third-order valence-corrected chi connectivity index (χ3v) is 1.73. The molecular weight excluding hydrogens is 169 g/mol. The molecule has 0 N–H and O–H groups in total. The molecule has 4 heteroatoms. The zero-order chi connectivity index (χ0) is 9.94. The first kappa shape index (κ1) is 11.5. The van der Waals surface area contributed by atoms with Crippen molar-refractivity contribution < 1.29 is 18.0 Å². The summed E-state index contributed by atoms with van der Waals surface area (Å²) in [4.78, 5) is 10.5. The van der Waals surface area contributed by atoms with Crippen LogP contribution in [-0.2, 0) is 4.79 Å². The molecule has 0 heterocycles. The number of carbonyl (C=O) groups excluding carboxylic acids is 1. The molecule has 0 bridgehead atoms. The highest BCUT2D eigenvalue weighted by Crippen LogP contribution is 2.34. The van der Waals surface area contributed by atoms with Crippen LogP contribution in [0, 0.1) is 11.8 Å². The monoisotopic (exact) mass is 182 g/mol. The molecule has 0 aliphatic heterocycles. The van der Waals surface area contributed by atoms with Gasteiger partial charge < -0.3 is 4.79 Å². The van der Waals surface area contributed by atoms with Gasteiger partial charge in [0.1, 0.15) is 5.78 Å². The average Bonchev–Trinajstić information content (AvgIpc) is 1.79. The predicted molar refractivity (Wildman–Crippen MR) is 39.7 cm³/mol. The van der Waals surface area contributed by atoms with Crippen molar-refractivity contribution in [1.82, 2.24) is 0 Å². The standard InChI is InChI=1S/C8H13F3O/c1-5(2)7(4-6(3)12)8(9,10)11/h5,7H,4H2,1-3H3. The number of alkyl halides is 3. The fourth-order valence-electron chi connectivity index (χ4n) is 1.04. The topological polar surface area (TPSA) is 17.1 Å². The minimum absolute atomic E-state index is 0.402. The molecule has 0 radical (unpaired) electrons. The Morgan fingerprint density at radius 3 is 1.83 bits per heavy atom. The highest BCUT2D eigenvalue weighted by atomic mass is 19.4. The summed E-state index contributed by atoms with van der Waals surface area (Å²) in [6, 6.07) is 0. The lowest BCUT2D eigenvalue weighted by Crippen LogP contribution is -2.29. The maximum absolute atomic E-state index is 12.2. The molecule has 0 aliphatic rings. The number of ketones is 1. The lowest BCUT2D eigenvalue weighted by molar-refractivity contribution is -0.188. The molecule has 0 spiro atoms. The van der Waals surface area contributed by atoms with Crippen molar-refractivity contribution in [1.29, 1.82) is 0 Å². The third kappa shape index (κ3) is 3.74. The van der Waals surface area contributed by atoms with Crippen LogP contribution in [0.4, 0.5) is 13.2 Å². The Morgan fingerprint density at radius 1 is 1.33 bits per heavy atom. The summed E-state index contributed by atoms with van der Waals surface area (Å²) in [7, 11) is 0. The molecule has 0 amide bonds. The Bertz CT molecular complexity index is 160. The number of rotatable bonds is 3. The smallest absolute Gasteiger partial charge is 0.300 e. The molecule has 0 aromatic carbocycles. The molecule has 0 aliphatic carbocycles. The van der Waals surface area contributed by atoms with E-state index >= 15 is 0 Å². The molecule has 0 fully saturated rings. The molecule has 1 atom stereocenters. The van der Waals surface area contributed by atoms with Crippen molar-refractivity contribution in [2.45, 2.75) is 33.4 Å². The zero-order valence-corrected chi connectivity index (χ0v) is 7.40. The van der Waals surface area contributed by atoms with E-state index in [9.17, 15) is 18.0 Å². The summed E-state index contributed by atoms with van der Waals surface area (Å²) < 4.78 is 36.5. The van der Waals surface area contributed by atoms with Gasteiger partial charge in [-0.25, -0.2) is 0 Å². The van der Waals surface area contributed by atoms with Crippen LogP contribution in [0.1, 0.15) is 27.2 Å². The van der Waals surface area contributed by atoms with Gasteiger partial charge in [-0.1, -0.05) is 13.8 Å². The summed E-state index contributed by atoms with van der Waals surface area (Å²) in [6.07, 6.45) is -4.65. The second-order valence-corrected chi connectivity index (χ2v) is 3.30. The van der Waals surface area contributed by atoms with Crippen LogP contribution in [0.15, 0.2) is 0 Å². The van der Waals surface area contributed by atoms with E-state index < -0.39 is 30.2 Å². The molecule has 12 heavy (non-hydrogen) atoms.